The molecule has 0 saturated heterocycles. The monoisotopic (exact) mass is 757 g/mol. The van der Waals surface area contributed by atoms with Crippen LogP contribution in [-0.4, -0.2) is 12.6 Å². The maximum atomic E-state index is 13.2. The highest BCUT2D eigenvalue weighted by Gasteiger charge is 2.19. The Morgan fingerprint density at radius 2 is 0.574 bits per heavy atom. The molecule has 0 aliphatic carbocycles. The van der Waals surface area contributed by atoms with Crippen molar-refractivity contribution < 1.29 is 9.53 Å². The summed E-state index contributed by atoms with van der Waals surface area (Å²) in [5.41, 5.74) is 0. The smallest absolute Gasteiger partial charge is 0.308 e. The molecular weight excluding hydrogens is 657 g/mol. The van der Waals surface area contributed by atoms with Crippen molar-refractivity contribution in [2.75, 3.05) is 6.61 Å². The fourth-order valence-electron chi connectivity index (χ4n) is 7.89. The van der Waals surface area contributed by atoms with E-state index in [9.17, 15) is 4.79 Å². The van der Waals surface area contributed by atoms with Crippen molar-refractivity contribution in [2.24, 2.45) is 5.92 Å². The van der Waals surface area contributed by atoms with Crippen LogP contribution in [-0.2, 0) is 9.53 Å². The second-order valence-electron chi connectivity index (χ2n) is 17.2. The second-order valence-corrected chi connectivity index (χ2v) is 17.2. The van der Waals surface area contributed by atoms with Gasteiger partial charge in [-0.25, -0.2) is 0 Å². The fourth-order valence-corrected chi connectivity index (χ4v) is 7.89. The van der Waals surface area contributed by atoms with E-state index in [1.807, 2.05) is 0 Å². The molecule has 0 aliphatic heterocycles. The topological polar surface area (TPSA) is 26.3 Å². The molecule has 0 rings (SSSR count). The third-order valence-corrected chi connectivity index (χ3v) is 11.7. The summed E-state index contributed by atoms with van der Waals surface area (Å²) < 4.78 is 5.90. The van der Waals surface area contributed by atoms with Crippen LogP contribution in [0.3, 0.4) is 0 Å². The van der Waals surface area contributed by atoms with E-state index in [4.69, 9.17) is 4.74 Å². The Morgan fingerprint density at radius 1 is 0.333 bits per heavy atom. The van der Waals surface area contributed by atoms with Gasteiger partial charge in [0.1, 0.15) is 0 Å². The Hall–Kier alpha value is -1.05. The molecule has 0 fully saturated rings. The van der Waals surface area contributed by atoms with Crippen molar-refractivity contribution in [3.63, 3.8) is 0 Å². The number of rotatable bonds is 46. The number of allylic oxidation sites excluding steroid dienone is 4. The van der Waals surface area contributed by atoms with Gasteiger partial charge in [-0.15, -0.1) is 0 Å². The number of hydrogen-bond acceptors (Lipinski definition) is 2. The van der Waals surface area contributed by atoms with Crippen molar-refractivity contribution >= 4 is 5.97 Å². The summed E-state index contributed by atoms with van der Waals surface area (Å²) in [6, 6.07) is 0. The van der Waals surface area contributed by atoms with Crippen molar-refractivity contribution in [2.45, 2.75) is 290 Å². The lowest BCUT2D eigenvalue weighted by molar-refractivity contribution is -0.149. The first-order chi connectivity index (χ1) is 26.8. The Balaban J connectivity index is 4.09. The molecule has 0 spiro atoms. The normalized spacial score (nSPS) is 12.4. The van der Waals surface area contributed by atoms with E-state index in [1.165, 1.54) is 250 Å². The highest BCUT2D eigenvalue weighted by atomic mass is 16.5. The van der Waals surface area contributed by atoms with Crippen molar-refractivity contribution in [3.8, 4) is 0 Å². The Bertz CT molecular complexity index is 753. The van der Waals surface area contributed by atoms with Crippen LogP contribution in [0.1, 0.15) is 290 Å². The van der Waals surface area contributed by atoms with Crippen LogP contribution in [0.4, 0.5) is 0 Å². The van der Waals surface area contributed by atoms with E-state index < -0.39 is 0 Å². The van der Waals surface area contributed by atoms with Crippen LogP contribution in [0.2, 0.25) is 0 Å². The number of ether oxygens (including phenoxy) is 1. The average Bonchev–Trinajstić information content (AvgIpc) is 3.18. The van der Waals surface area contributed by atoms with Crippen LogP contribution >= 0.6 is 0 Å². The van der Waals surface area contributed by atoms with E-state index in [2.05, 4.69) is 45.1 Å². The summed E-state index contributed by atoms with van der Waals surface area (Å²) in [6.07, 6.45) is 65.2. The first-order valence-electron chi connectivity index (χ1n) is 25.2. The lowest BCUT2D eigenvalue weighted by atomic mass is 9.94. The average molecular weight is 757 g/mol. The molecule has 0 aromatic carbocycles. The largest absolute Gasteiger partial charge is 0.465 e. The molecule has 54 heavy (non-hydrogen) atoms. The lowest BCUT2D eigenvalue weighted by Gasteiger charge is -2.16. The minimum Gasteiger partial charge on any atom is -0.465 e. The highest BCUT2D eigenvalue weighted by molar-refractivity contribution is 5.72. The summed E-state index contributed by atoms with van der Waals surface area (Å²) in [5.74, 6) is 0.222. The zero-order valence-electron chi connectivity index (χ0n) is 37.6. The van der Waals surface area contributed by atoms with Gasteiger partial charge in [0.05, 0.1) is 12.5 Å². The van der Waals surface area contributed by atoms with E-state index in [0.29, 0.717) is 6.61 Å². The van der Waals surface area contributed by atoms with E-state index in [0.717, 1.165) is 19.3 Å². The molecule has 0 heterocycles. The summed E-state index contributed by atoms with van der Waals surface area (Å²) in [7, 11) is 0. The van der Waals surface area contributed by atoms with Crippen molar-refractivity contribution in [3.05, 3.63) is 24.3 Å². The molecule has 0 N–H and O–H groups in total. The van der Waals surface area contributed by atoms with Gasteiger partial charge in [0, 0.05) is 0 Å². The van der Waals surface area contributed by atoms with Crippen LogP contribution < -0.4 is 0 Å². The molecule has 2 nitrogen and oxygen atoms in total. The Labute approximate surface area is 341 Å². The molecule has 320 valence electrons. The highest BCUT2D eigenvalue weighted by Crippen LogP contribution is 2.22. The van der Waals surface area contributed by atoms with Crippen LogP contribution in [0, 0.1) is 5.92 Å². The molecule has 0 bridgehead atoms. The molecule has 0 aromatic rings. The molecule has 0 aromatic heterocycles. The minimum absolute atomic E-state index is 0.105. The number of carbonyl (C=O) groups is 1. The fraction of sp³-hybridized carbons (Fsp3) is 0.904. The maximum absolute atomic E-state index is 13.2. The third-order valence-electron chi connectivity index (χ3n) is 11.7. The lowest BCUT2D eigenvalue weighted by Crippen LogP contribution is -2.18. The molecule has 0 amide bonds. The number of unbranched alkanes of at least 4 members (excludes halogenated alkanes) is 35. The van der Waals surface area contributed by atoms with Gasteiger partial charge in [0.2, 0.25) is 0 Å². The SMILES string of the molecule is CCCCCCCC/C=C/CCCCCCCCCCOC(=O)[C@H](CCCCC/C=C/CCCCCCCCC)CCCCCCCCCCCCCC. The maximum Gasteiger partial charge on any atom is 0.308 e. The second kappa shape index (κ2) is 48.1. The molecule has 0 radical (unpaired) electrons. The summed E-state index contributed by atoms with van der Waals surface area (Å²) in [5, 5.41) is 0. The third kappa shape index (κ3) is 43.7. The Kier molecular flexibility index (Phi) is 47.2. The summed E-state index contributed by atoms with van der Waals surface area (Å²) >= 11 is 0. The Morgan fingerprint density at radius 3 is 0.889 bits per heavy atom. The number of esters is 1. The zero-order valence-corrected chi connectivity index (χ0v) is 37.6. The quantitative estimate of drug-likeness (QED) is 0.0351. The van der Waals surface area contributed by atoms with Crippen molar-refractivity contribution in [1.29, 1.82) is 0 Å². The molecule has 0 unspecified atom stereocenters. The standard InChI is InChI=1S/C52H100O2/c1-4-7-10-13-16-19-22-25-27-28-29-30-32-35-38-41-44-47-50-54-52(53)51(48-45-42-39-36-33-24-21-18-15-12-9-6-3)49-46-43-40-37-34-31-26-23-20-17-14-11-8-5-2/h25,27,31,34,51H,4-24,26,28-30,32-33,35-50H2,1-3H3/b27-25+,34-31+/t51-/m0/s1. The molecule has 0 saturated carbocycles. The van der Waals surface area contributed by atoms with E-state index >= 15 is 0 Å². The first-order valence-corrected chi connectivity index (χ1v) is 25.2. The number of carbonyl (C=O) groups excluding carboxylic acids is 1. The first kappa shape index (κ1) is 53.0. The summed E-state index contributed by atoms with van der Waals surface area (Å²) in [6.45, 7) is 7.51. The molecule has 2 heteroatoms. The van der Waals surface area contributed by atoms with Gasteiger partial charge in [-0.3, -0.25) is 4.79 Å². The van der Waals surface area contributed by atoms with Gasteiger partial charge in [-0.05, 0) is 70.6 Å². The van der Waals surface area contributed by atoms with Gasteiger partial charge in [0.15, 0.2) is 0 Å². The van der Waals surface area contributed by atoms with Gasteiger partial charge in [0.25, 0.3) is 0 Å². The predicted octanol–water partition coefficient (Wildman–Crippen LogP) is 18.7. The predicted molar refractivity (Wildman–Crippen MR) is 244 cm³/mol. The van der Waals surface area contributed by atoms with Gasteiger partial charge < -0.3 is 4.74 Å². The summed E-state index contributed by atoms with van der Waals surface area (Å²) in [4.78, 5) is 13.2. The van der Waals surface area contributed by atoms with Crippen LogP contribution in [0.25, 0.3) is 0 Å². The van der Waals surface area contributed by atoms with Gasteiger partial charge in [-0.2, -0.15) is 0 Å². The van der Waals surface area contributed by atoms with Crippen LogP contribution in [0.15, 0.2) is 24.3 Å². The van der Waals surface area contributed by atoms with Crippen LogP contribution in [0.5, 0.6) is 0 Å². The van der Waals surface area contributed by atoms with Crippen molar-refractivity contribution in [1.82, 2.24) is 0 Å². The molecule has 0 aliphatic rings. The van der Waals surface area contributed by atoms with Gasteiger partial charge in [-0.1, -0.05) is 244 Å². The van der Waals surface area contributed by atoms with Gasteiger partial charge >= 0.3 is 5.97 Å². The van der Waals surface area contributed by atoms with E-state index in [-0.39, 0.29) is 11.9 Å². The molecule has 1 atom stereocenters. The minimum atomic E-state index is 0.105. The molecular formula is C52H100O2. The number of hydrogen-bond donors (Lipinski definition) is 0. The zero-order chi connectivity index (χ0) is 39.1. The van der Waals surface area contributed by atoms with E-state index in [1.54, 1.807) is 0 Å².